The zero-order valence-corrected chi connectivity index (χ0v) is 12.0. The van der Waals surface area contributed by atoms with Gasteiger partial charge in [-0.25, -0.2) is 0 Å². The molecule has 100 valence electrons. The van der Waals surface area contributed by atoms with Gasteiger partial charge in [0.1, 0.15) is 11.5 Å². The Morgan fingerprint density at radius 1 is 0.842 bits per heavy atom. The molecule has 2 N–H and O–H groups in total. The summed E-state index contributed by atoms with van der Waals surface area (Å²) in [7, 11) is 0. The highest BCUT2D eigenvalue weighted by molar-refractivity contribution is 6.68. The molecule has 0 saturated carbocycles. The Morgan fingerprint density at radius 2 is 1.42 bits per heavy atom. The summed E-state index contributed by atoms with van der Waals surface area (Å²) >= 11 is 18.1. The topological polar surface area (TPSA) is 40.5 Å². The Kier molecular flexibility index (Phi) is 4.14. The van der Waals surface area contributed by atoms with Gasteiger partial charge in [0, 0.05) is 5.56 Å². The van der Waals surface area contributed by atoms with Crippen LogP contribution in [0.1, 0.15) is 17.0 Å². The lowest BCUT2D eigenvalue weighted by Gasteiger charge is -2.26. The van der Waals surface area contributed by atoms with Crippen LogP contribution < -0.4 is 0 Å². The van der Waals surface area contributed by atoms with E-state index in [1.165, 1.54) is 12.1 Å². The van der Waals surface area contributed by atoms with Crippen molar-refractivity contribution in [2.75, 3.05) is 0 Å². The molecule has 0 saturated heterocycles. The van der Waals surface area contributed by atoms with Crippen molar-refractivity contribution in [2.45, 2.75) is 9.71 Å². The van der Waals surface area contributed by atoms with Gasteiger partial charge in [0.05, 0.1) is 5.92 Å². The van der Waals surface area contributed by atoms with Crippen molar-refractivity contribution in [3.8, 4) is 11.5 Å². The second kappa shape index (κ2) is 5.49. The normalized spacial score (nSPS) is 13.2. The van der Waals surface area contributed by atoms with Crippen molar-refractivity contribution in [1.82, 2.24) is 0 Å². The van der Waals surface area contributed by atoms with Gasteiger partial charge >= 0.3 is 0 Å². The molecule has 0 aliphatic heterocycles. The largest absolute Gasteiger partial charge is 0.508 e. The smallest absolute Gasteiger partial charge is 0.201 e. The van der Waals surface area contributed by atoms with Gasteiger partial charge < -0.3 is 10.2 Å². The molecule has 0 spiro atoms. The number of hydrogen-bond donors (Lipinski definition) is 2. The number of halogens is 3. The van der Waals surface area contributed by atoms with Crippen LogP contribution in [0.5, 0.6) is 11.5 Å². The van der Waals surface area contributed by atoms with E-state index in [9.17, 15) is 10.2 Å². The van der Waals surface area contributed by atoms with Crippen LogP contribution in [0.3, 0.4) is 0 Å². The van der Waals surface area contributed by atoms with E-state index in [0.717, 1.165) is 0 Å². The highest BCUT2D eigenvalue weighted by atomic mass is 35.6. The average molecular weight is 318 g/mol. The number of hydrogen-bond acceptors (Lipinski definition) is 2. The SMILES string of the molecule is Oc1ccc(C(c2ccccc2O)C(Cl)(Cl)Cl)cc1. The molecule has 0 bridgehead atoms. The van der Waals surface area contributed by atoms with Crippen molar-refractivity contribution in [3.05, 3.63) is 59.7 Å². The van der Waals surface area contributed by atoms with Gasteiger partial charge in [0.25, 0.3) is 0 Å². The molecule has 1 unspecified atom stereocenters. The average Bonchev–Trinajstić information content (AvgIpc) is 2.33. The number of alkyl halides is 3. The van der Waals surface area contributed by atoms with Gasteiger partial charge in [-0.1, -0.05) is 65.1 Å². The highest BCUT2D eigenvalue weighted by Gasteiger charge is 2.36. The lowest BCUT2D eigenvalue weighted by atomic mass is 9.92. The highest BCUT2D eigenvalue weighted by Crippen LogP contribution is 2.47. The number of phenols is 2. The minimum absolute atomic E-state index is 0.0619. The minimum atomic E-state index is -1.62. The summed E-state index contributed by atoms with van der Waals surface area (Å²) in [6.07, 6.45) is 0. The Bertz CT molecular complexity index is 562. The molecule has 2 rings (SSSR count). The maximum Gasteiger partial charge on any atom is 0.201 e. The third kappa shape index (κ3) is 3.27. The second-order valence-corrected chi connectivity index (χ2v) is 6.49. The maximum atomic E-state index is 9.93. The first kappa shape index (κ1) is 14.3. The molecule has 2 aromatic rings. The Hall–Kier alpha value is -1.09. The first-order valence-corrected chi connectivity index (χ1v) is 6.66. The van der Waals surface area contributed by atoms with E-state index in [1.54, 1.807) is 36.4 Å². The Balaban J connectivity index is 2.55. The van der Waals surface area contributed by atoms with Crippen molar-refractivity contribution < 1.29 is 10.2 Å². The molecular formula is C14H11Cl3O2. The molecule has 19 heavy (non-hydrogen) atoms. The molecular weight excluding hydrogens is 307 g/mol. The third-order valence-electron chi connectivity index (χ3n) is 2.80. The molecule has 0 heterocycles. The quantitative estimate of drug-likeness (QED) is 0.795. The molecule has 2 aromatic carbocycles. The van der Waals surface area contributed by atoms with E-state index >= 15 is 0 Å². The molecule has 1 atom stereocenters. The molecule has 0 aliphatic rings. The summed E-state index contributed by atoms with van der Waals surface area (Å²) in [6.45, 7) is 0. The third-order valence-corrected chi connectivity index (χ3v) is 3.46. The number of aromatic hydroxyl groups is 2. The summed E-state index contributed by atoms with van der Waals surface area (Å²) in [5.74, 6) is -0.435. The van der Waals surface area contributed by atoms with E-state index < -0.39 is 9.71 Å². The van der Waals surface area contributed by atoms with E-state index in [1.807, 2.05) is 0 Å². The van der Waals surface area contributed by atoms with Crippen molar-refractivity contribution in [1.29, 1.82) is 0 Å². The summed E-state index contributed by atoms with van der Waals surface area (Å²) in [5, 5.41) is 19.3. The van der Waals surface area contributed by atoms with E-state index in [2.05, 4.69) is 0 Å². The fourth-order valence-corrected chi connectivity index (χ4v) is 2.67. The van der Waals surface area contributed by atoms with Crippen molar-refractivity contribution in [2.24, 2.45) is 0 Å². The van der Waals surface area contributed by atoms with Crippen LogP contribution in [0.4, 0.5) is 0 Å². The van der Waals surface area contributed by atoms with Gasteiger partial charge in [-0.3, -0.25) is 0 Å². The molecule has 5 heteroatoms. The van der Waals surface area contributed by atoms with Crippen LogP contribution in [-0.4, -0.2) is 14.0 Å². The minimum Gasteiger partial charge on any atom is -0.508 e. The van der Waals surface area contributed by atoms with Crippen LogP contribution in [0.2, 0.25) is 0 Å². The van der Waals surface area contributed by atoms with Gasteiger partial charge in [-0.2, -0.15) is 0 Å². The molecule has 0 aliphatic carbocycles. The monoisotopic (exact) mass is 316 g/mol. The number of para-hydroxylation sites is 1. The summed E-state index contributed by atoms with van der Waals surface area (Å²) < 4.78 is -1.62. The molecule has 2 nitrogen and oxygen atoms in total. The van der Waals surface area contributed by atoms with Crippen molar-refractivity contribution in [3.63, 3.8) is 0 Å². The predicted octanol–water partition coefficient (Wildman–Crippen LogP) is 4.60. The van der Waals surface area contributed by atoms with E-state index in [0.29, 0.717) is 11.1 Å². The van der Waals surface area contributed by atoms with Crippen LogP contribution >= 0.6 is 34.8 Å². The number of rotatable bonds is 2. The van der Waals surface area contributed by atoms with Gasteiger partial charge in [0.15, 0.2) is 0 Å². The van der Waals surface area contributed by atoms with E-state index in [4.69, 9.17) is 34.8 Å². The molecule has 0 fully saturated rings. The van der Waals surface area contributed by atoms with Gasteiger partial charge in [-0.05, 0) is 23.8 Å². The first-order chi connectivity index (χ1) is 8.89. The first-order valence-electron chi connectivity index (χ1n) is 5.53. The fraction of sp³-hybridized carbons (Fsp3) is 0.143. The zero-order valence-electron chi connectivity index (χ0n) is 9.72. The number of phenolic OH excluding ortho intramolecular Hbond substituents is 2. The second-order valence-electron chi connectivity index (χ2n) is 4.12. The Morgan fingerprint density at radius 3 is 1.95 bits per heavy atom. The lowest BCUT2D eigenvalue weighted by Crippen LogP contribution is -2.18. The Labute approximate surface area is 126 Å². The summed E-state index contributed by atoms with van der Waals surface area (Å²) in [4.78, 5) is 0. The maximum absolute atomic E-state index is 9.93. The van der Waals surface area contributed by atoms with Gasteiger partial charge in [0.2, 0.25) is 3.79 Å². The summed E-state index contributed by atoms with van der Waals surface area (Å²) in [6, 6.07) is 13.1. The van der Waals surface area contributed by atoms with Crippen LogP contribution in [0, 0.1) is 0 Å². The molecule has 0 amide bonds. The summed E-state index contributed by atoms with van der Waals surface area (Å²) in [5.41, 5.74) is 1.22. The lowest BCUT2D eigenvalue weighted by molar-refractivity contribution is 0.464. The van der Waals surface area contributed by atoms with Crippen LogP contribution in [0.15, 0.2) is 48.5 Å². The molecule has 0 radical (unpaired) electrons. The van der Waals surface area contributed by atoms with Crippen molar-refractivity contribution >= 4 is 34.8 Å². The number of benzene rings is 2. The zero-order chi connectivity index (χ0) is 14.0. The van der Waals surface area contributed by atoms with E-state index in [-0.39, 0.29) is 11.5 Å². The molecule has 0 aromatic heterocycles. The predicted molar refractivity (Wildman–Crippen MR) is 78.3 cm³/mol. The van der Waals surface area contributed by atoms with Gasteiger partial charge in [-0.15, -0.1) is 0 Å². The standard InChI is InChI=1S/C14H11Cl3O2/c15-14(16,17)13(9-5-7-10(18)8-6-9)11-3-1-2-4-12(11)19/h1-8,13,18-19H. The van der Waals surface area contributed by atoms with Crippen LogP contribution in [0.25, 0.3) is 0 Å². The van der Waals surface area contributed by atoms with Crippen LogP contribution in [-0.2, 0) is 0 Å². The fourth-order valence-electron chi connectivity index (χ4n) is 1.94.